The van der Waals surface area contributed by atoms with Crippen molar-refractivity contribution < 1.29 is 16.8 Å². The van der Waals surface area contributed by atoms with Crippen LogP contribution in [0.2, 0.25) is 0 Å². The molecule has 1 heterocycles. The average Bonchev–Trinajstić information content (AvgIpc) is 2.69. The van der Waals surface area contributed by atoms with Crippen LogP contribution in [0.15, 0.2) is 77.8 Å². The number of aliphatic imine (C=N–C) groups is 1. The zero-order valence-electron chi connectivity index (χ0n) is 14.7. The molecule has 1 radical (unpaired) electrons. The predicted molar refractivity (Wildman–Crippen MR) is 109 cm³/mol. The minimum Gasteiger partial charge on any atom is -0.685 e. The summed E-state index contributed by atoms with van der Waals surface area (Å²) in [6, 6.07) is 24.1. The van der Waals surface area contributed by atoms with Gasteiger partial charge in [0.05, 0.1) is 0 Å². The van der Waals surface area contributed by atoms with Gasteiger partial charge < -0.3 is 16.0 Å². The molecule has 3 aromatic rings. The second kappa shape index (κ2) is 9.25. The Bertz CT molecular complexity index is 923. The van der Waals surface area contributed by atoms with Crippen molar-refractivity contribution in [1.29, 1.82) is 0 Å². The summed E-state index contributed by atoms with van der Waals surface area (Å²) in [5.41, 5.74) is 5.77. The Morgan fingerprint density at radius 3 is 2.11 bits per heavy atom. The third kappa shape index (κ3) is 4.70. The zero-order valence-corrected chi connectivity index (χ0v) is 15.8. The van der Waals surface area contributed by atoms with Crippen molar-refractivity contribution in [2.24, 2.45) is 4.99 Å². The van der Waals surface area contributed by atoms with Gasteiger partial charge in [-0.15, -0.1) is 36.7 Å². The first-order valence-electron chi connectivity index (χ1n) is 8.73. The van der Waals surface area contributed by atoms with Crippen LogP contribution in [-0.4, -0.2) is 19.3 Å². The van der Waals surface area contributed by atoms with Crippen molar-refractivity contribution in [3.63, 3.8) is 0 Å². The molecule has 1 aliphatic heterocycles. The first-order valence-corrected chi connectivity index (χ1v) is 8.73. The number of nitrogens with zero attached hydrogens (tertiary/aromatic N) is 4. The predicted octanol–water partition coefficient (Wildman–Crippen LogP) is 6.66. The van der Waals surface area contributed by atoms with Crippen molar-refractivity contribution in [1.82, 2.24) is 0 Å². The second-order valence-electron chi connectivity index (χ2n) is 6.01. The summed E-state index contributed by atoms with van der Waals surface area (Å²) in [5.74, 6) is 0. The first-order chi connectivity index (χ1) is 12.9. The van der Waals surface area contributed by atoms with Crippen LogP contribution in [0.3, 0.4) is 0 Å². The Morgan fingerprint density at radius 2 is 1.26 bits per heavy atom. The summed E-state index contributed by atoms with van der Waals surface area (Å²) in [4.78, 5) is 4.67. The maximum Gasteiger partial charge on any atom is 2.00 e. The van der Waals surface area contributed by atoms with Crippen LogP contribution < -0.4 is 0 Å². The van der Waals surface area contributed by atoms with Gasteiger partial charge in [-0.3, -0.25) is 4.99 Å². The van der Waals surface area contributed by atoms with E-state index >= 15 is 0 Å². The summed E-state index contributed by atoms with van der Waals surface area (Å²) in [5, 5.41) is 14.2. The van der Waals surface area contributed by atoms with Gasteiger partial charge >= 0.3 is 16.8 Å². The molecular weight excluding hydrogens is 379 g/mol. The molecule has 0 aliphatic carbocycles. The number of hydrogen-bond donors (Lipinski definition) is 0. The second-order valence-corrected chi connectivity index (χ2v) is 6.01. The SMILES string of the molecule is C1=Nc2ccccc2[N-]Cc2ccccc2[N-]CC[N-]c2ccccc21.[Co+2]. The molecule has 0 saturated carbocycles. The zero-order chi connectivity index (χ0) is 17.6. The normalized spacial score (nSPS) is 13.2. The molecular formula is C22H19CoN4-. The van der Waals surface area contributed by atoms with E-state index < -0.39 is 0 Å². The van der Waals surface area contributed by atoms with Crippen molar-refractivity contribution in [2.45, 2.75) is 6.54 Å². The number of benzene rings is 3. The van der Waals surface area contributed by atoms with Gasteiger partial charge in [0, 0.05) is 11.9 Å². The Morgan fingerprint density at radius 1 is 0.630 bits per heavy atom. The van der Waals surface area contributed by atoms with E-state index in [9.17, 15) is 0 Å². The van der Waals surface area contributed by atoms with Crippen LogP contribution in [0.4, 0.5) is 22.7 Å². The Balaban J connectivity index is 0.00000210. The Kier molecular flexibility index (Phi) is 6.52. The Labute approximate surface area is 170 Å². The summed E-state index contributed by atoms with van der Waals surface area (Å²) in [6.45, 7) is 1.88. The van der Waals surface area contributed by atoms with Crippen LogP contribution in [0, 0.1) is 0 Å². The molecule has 0 saturated heterocycles. The summed E-state index contributed by atoms with van der Waals surface area (Å²) >= 11 is 0. The molecule has 0 spiro atoms. The van der Waals surface area contributed by atoms with Gasteiger partial charge in [-0.1, -0.05) is 72.3 Å². The molecule has 0 unspecified atom stereocenters. The molecule has 0 aromatic heterocycles. The third-order valence-corrected chi connectivity index (χ3v) is 4.24. The van der Waals surface area contributed by atoms with Crippen LogP contribution in [-0.2, 0) is 23.3 Å². The van der Waals surface area contributed by atoms with Gasteiger partial charge in [-0.2, -0.15) is 0 Å². The van der Waals surface area contributed by atoms with Crippen LogP contribution in [0.25, 0.3) is 16.0 Å². The number of rotatable bonds is 0. The number of para-hydroxylation sites is 4. The minimum atomic E-state index is 0. The molecule has 3 aromatic carbocycles. The van der Waals surface area contributed by atoms with Gasteiger partial charge in [-0.25, -0.2) is 0 Å². The van der Waals surface area contributed by atoms with Crippen LogP contribution in [0.5, 0.6) is 0 Å². The van der Waals surface area contributed by atoms with E-state index in [2.05, 4.69) is 11.1 Å². The Hall–Kier alpha value is -2.76. The number of hydrogen-bond acceptors (Lipinski definition) is 1. The maximum absolute atomic E-state index is 4.77. The molecule has 0 fully saturated rings. The summed E-state index contributed by atoms with van der Waals surface area (Å²) < 4.78 is 0. The third-order valence-electron chi connectivity index (χ3n) is 4.24. The van der Waals surface area contributed by atoms with Gasteiger partial charge in [0.25, 0.3) is 0 Å². The largest absolute Gasteiger partial charge is 2.00 e. The molecule has 1 aliphatic rings. The van der Waals surface area contributed by atoms with Crippen molar-refractivity contribution in [2.75, 3.05) is 13.1 Å². The molecule has 5 heteroatoms. The standard InChI is InChI=1S/C22H19N4.Co/c1-3-9-19-17(7-1)15-25-21-11-5-6-12-22(21)26-16-18-8-2-4-10-20(18)24-14-13-23-19;/h1-12,15H,13-14,16H2;/q-3;+2. The summed E-state index contributed by atoms with van der Waals surface area (Å²) in [7, 11) is 0. The fourth-order valence-corrected chi connectivity index (χ4v) is 2.90. The molecule has 27 heavy (non-hydrogen) atoms. The van der Waals surface area contributed by atoms with E-state index in [0.717, 1.165) is 33.9 Å². The minimum absolute atomic E-state index is 0. The van der Waals surface area contributed by atoms with Gasteiger partial charge in [0.2, 0.25) is 0 Å². The topological polar surface area (TPSA) is 54.7 Å². The molecule has 4 rings (SSSR count). The molecule has 0 N–H and O–H groups in total. The fraction of sp³-hybridized carbons (Fsp3) is 0.136. The monoisotopic (exact) mass is 398 g/mol. The van der Waals surface area contributed by atoms with Crippen molar-refractivity contribution >= 4 is 29.0 Å². The van der Waals surface area contributed by atoms with E-state index in [1.165, 1.54) is 0 Å². The van der Waals surface area contributed by atoms with E-state index in [-0.39, 0.29) is 16.8 Å². The summed E-state index contributed by atoms with van der Waals surface area (Å²) in [6.07, 6.45) is 1.87. The van der Waals surface area contributed by atoms with Gasteiger partial charge in [-0.05, 0) is 11.6 Å². The molecule has 0 amide bonds. The fourth-order valence-electron chi connectivity index (χ4n) is 2.90. The van der Waals surface area contributed by atoms with E-state index in [1.807, 2.05) is 72.9 Å². The van der Waals surface area contributed by atoms with E-state index in [1.54, 1.807) is 0 Å². The smallest absolute Gasteiger partial charge is 0.685 e. The van der Waals surface area contributed by atoms with Crippen molar-refractivity contribution in [3.8, 4) is 0 Å². The van der Waals surface area contributed by atoms with Crippen LogP contribution >= 0.6 is 0 Å². The van der Waals surface area contributed by atoms with Gasteiger partial charge in [0.15, 0.2) is 0 Å². The molecule has 137 valence electrons. The molecule has 0 bridgehead atoms. The first kappa shape index (κ1) is 19.0. The quantitative estimate of drug-likeness (QED) is 0.406. The average molecular weight is 398 g/mol. The van der Waals surface area contributed by atoms with Crippen molar-refractivity contribution in [3.05, 3.63) is 99.9 Å². The molecule has 0 atom stereocenters. The maximum atomic E-state index is 4.77. The van der Waals surface area contributed by atoms with E-state index in [0.29, 0.717) is 19.6 Å². The number of fused-ring (bicyclic) bond motifs is 3. The van der Waals surface area contributed by atoms with Crippen LogP contribution in [0.1, 0.15) is 11.1 Å². The van der Waals surface area contributed by atoms with E-state index in [4.69, 9.17) is 16.0 Å². The molecule has 4 nitrogen and oxygen atoms in total. The van der Waals surface area contributed by atoms with Gasteiger partial charge in [0.1, 0.15) is 0 Å².